The van der Waals surface area contributed by atoms with Gasteiger partial charge in [-0.2, -0.15) is 0 Å². The molecule has 0 spiro atoms. The van der Waals surface area contributed by atoms with Gasteiger partial charge in [0.2, 0.25) is 0 Å². The predicted molar refractivity (Wildman–Crippen MR) is 70.2 cm³/mol. The monoisotopic (exact) mass is 245 g/mol. The summed E-state index contributed by atoms with van der Waals surface area (Å²) in [5, 5.41) is 0. The van der Waals surface area contributed by atoms with Crippen LogP contribution in [0.5, 0.6) is 0 Å². The van der Waals surface area contributed by atoms with E-state index in [2.05, 4.69) is 5.92 Å². The summed E-state index contributed by atoms with van der Waals surface area (Å²) in [4.78, 5) is 4.80. The number of nitrogens with two attached hydrogens (primary N) is 1. The molecule has 1 aromatic heterocycles. The van der Waals surface area contributed by atoms with Crippen molar-refractivity contribution < 1.29 is 4.74 Å². The first-order valence-corrected chi connectivity index (χ1v) is 6.68. The van der Waals surface area contributed by atoms with Crippen LogP contribution < -0.4 is 5.73 Å². The van der Waals surface area contributed by atoms with Gasteiger partial charge >= 0.3 is 0 Å². The van der Waals surface area contributed by atoms with Crippen LogP contribution in [-0.4, -0.2) is 22.8 Å². The molecular formula is C14H19N3O. The fourth-order valence-corrected chi connectivity index (χ4v) is 2.68. The zero-order valence-corrected chi connectivity index (χ0v) is 10.6. The topological polar surface area (TPSA) is 53.1 Å². The summed E-state index contributed by atoms with van der Waals surface area (Å²) in [7, 11) is 0. The quantitative estimate of drug-likeness (QED) is 0.827. The summed E-state index contributed by atoms with van der Waals surface area (Å²) < 4.78 is 7.43. The lowest BCUT2D eigenvalue weighted by Crippen LogP contribution is -2.16. The lowest BCUT2D eigenvalue weighted by atomic mass is 9.96. The largest absolute Gasteiger partial charge is 0.384 e. The van der Waals surface area contributed by atoms with Crippen molar-refractivity contribution in [3.8, 4) is 12.3 Å². The number of nitrogen functional groups attached to an aromatic ring is 1. The second-order valence-electron chi connectivity index (χ2n) is 5.19. The van der Waals surface area contributed by atoms with Gasteiger partial charge in [-0.05, 0) is 25.7 Å². The van der Waals surface area contributed by atoms with Gasteiger partial charge in [0.15, 0.2) is 0 Å². The minimum atomic E-state index is 0.440. The van der Waals surface area contributed by atoms with Crippen molar-refractivity contribution in [3.05, 3.63) is 11.5 Å². The Labute approximate surface area is 108 Å². The van der Waals surface area contributed by atoms with Crippen molar-refractivity contribution in [3.63, 3.8) is 0 Å². The minimum Gasteiger partial charge on any atom is -0.384 e. The van der Waals surface area contributed by atoms with E-state index < -0.39 is 0 Å². The highest BCUT2D eigenvalue weighted by molar-refractivity contribution is 5.42. The number of aromatic nitrogens is 2. The van der Waals surface area contributed by atoms with Gasteiger partial charge in [0.25, 0.3) is 0 Å². The summed E-state index contributed by atoms with van der Waals surface area (Å²) >= 11 is 0. The minimum absolute atomic E-state index is 0.440. The van der Waals surface area contributed by atoms with E-state index in [-0.39, 0.29) is 0 Å². The second-order valence-corrected chi connectivity index (χ2v) is 5.19. The molecule has 2 aliphatic rings. The van der Waals surface area contributed by atoms with Gasteiger partial charge < -0.3 is 15.0 Å². The molecule has 2 fully saturated rings. The van der Waals surface area contributed by atoms with Crippen molar-refractivity contribution in [1.29, 1.82) is 0 Å². The molecule has 0 aromatic carbocycles. The SMILES string of the molecule is C#CCn1c(C2CC2)nc(C2CCOCC2)c1N. The number of nitrogens with zero attached hydrogens (tertiary/aromatic N) is 2. The molecule has 1 saturated heterocycles. The first-order valence-electron chi connectivity index (χ1n) is 6.68. The van der Waals surface area contributed by atoms with Gasteiger partial charge in [-0.15, -0.1) is 6.42 Å². The molecule has 96 valence electrons. The maximum atomic E-state index is 6.25. The smallest absolute Gasteiger partial charge is 0.127 e. The summed E-state index contributed by atoms with van der Waals surface area (Å²) in [6.07, 6.45) is 9.90. The second kappa shape index (κ2) is 4.66. The molecule has 2 heterocycles. The fourth-order valence-electron chi connectivity index (χ4n) is 2.68. The number of terminal acetylenes is 1. The molecule has 2 N–H and O–H groups in total. The normalized spacial score (nSPS) is 20.8. The third-order valence-electron chi connectivity index (χ3n) is 3.86. The highest BCUT2D eigenvalue weighted by Gasteiger charge is 2.32. The molecule has 0 atom stereocenters. The zero-order valence-electron chi connectivity index (χ0n) is 10.6. The number of imidazole rings is 1. The van der Waals surface area contributed by atoms with Crippen LogP contribution in [0.3, 0.4) is 0 Å². The van der Waals surface area contributed by atoms with Crippen molar-refractivity contribution in [2.24, 2.45) is 0 Å². The van der Waals surface area contributed by atoms with Crippen LogP contribution in [0.25, 0.3) is 0 Å². The van der Waals surface area contributed by atoms with Crippen LogP contribution in [0.15, 0.2) is 0 Å². The molecule has 0 bridgehead atoms. The standard InChI is InChI=1S/C14H19N3O/c1-2-7-17-13(15)12(10-5-8-18-9-6-10)16-14(17)11-3-4-11/h1,10-11H,3-9,15H2. The Bertz CT molecular complexity index is 476. The van der Waals surface area contributed by atoms with E-state index in [1.54, 1.807) is 0 Å². The number of ether oxygens (including phenoxy) is 1. The molecule has 4 nitrogen and oxygen atoms in total. The number of anilines is 1. The first-order chi connectivity index (χ1) is 8.81. The number of hydrogen-bond donors (Lipinski definition) is 1. The Kier molecular flexibility index (Phi) is 3.00. The van der Waals surface area contributed by atoms with Crippen LogP contribution in [0.4, 0.5) is 5.82 Å². The first kappa shape index (κ1) is 11.6. The summed E-state index contributed by atoms with van der Waals surface area (Å²) in [6.45, 7) is 2.16. The Balaban J connectivity index is 1.94. The van der Waals surface area contributed by atoms with E-state index in [4.69, 9.17) is 21.9 Å². The van der Waals surface area contributed by atoms with Gasteiger partial charge in [0.05, 0.1) is 12.2 Å². The summed E-state index contributed by atoms with van der Waals surface area (Å²) in [6, 6.07) is 0. The Morgan fingerprint density at radius 3 is 2.61 bits per heavy atom. The van der Waals surface area contributed by atoms with Crippen molar-refractivity contribution in [2.75, 3.05) is 18.9 Å². The van der Waals surface area contributed by atoms with Gasteiger partial charge in [0.1, 0.15) is 11.6 Å². The summed E-state index contributed by atoms with van der Waals surface area (Å²) in [5.74, 6) is 5.58. The molecule has 1 saturated carbocycles. The van der Waals surface area contributed by atoms with E-state index in [1.165, 1.54) is 12.8 Å². The number of hydrogen-bond acceptors (Lipinski definition) is 3. The third kappa shape index (κ3) is 1.99. The maximum absolute atomic E-state index is 6.25. The fraction of sp³-hybridized carbons (Fsp3) is 0.643. The van der Waals surface area contributed by atoms with Crippen LogP contribution in [0.2, 0.25) is 0 Å². The summed E-state index contributed by atoms with van der Waals surface area (Å²) in [5.41, 5.74) is 7.30. The van der Waals surface area contributed by atoms with E-state index >= 15 is 0 Å². The Morgan fingerprint density at radius 2 is 2.00 bits per heavy atom. The van der Waals surface area contributed by atoms with Crippen LogP contribution in [-0.2, 0) is 11.3 Å². The molecule has 3 rings (SSSR count). The lowest BCUT2D eigenvalue weighted by molar-refractivity contribution is 0.0847. The van der Waals surface area contributed by atoms with Gasteiger partial charge in [-0.25, -0.2) is 4.98 Å². The van der Waals surface area contributed by atoms with E-state index in [0.717, 1.165) is 43.4 Å². The average Bonchev–Trinajstić information content (AvgIpc) is 3.19. The Morgan fingerprint density at radius 1 is 1.28 bits per heavy atom. The van der Waals surface area contributed by atoms with Crippen molar-refractivity contribution in [2.45, 2.75) is 44.1 Å². The van der Waals surface area contributed by atoms with Crippen LogP contribution in [0, 0.1) is 12.3 Å². The number of rotatable bonds is 3. The third-order valence-corrected chi connectivity index (χ3v) is 3.86. The van der Waals surface area contributed by atoms with Gasteiger partial charge in [-0.1, -0.05) is 5.92 Å². The van der Waals surface area contributed by atoms with E-state index in [9.17, 15) is 0 Å². The molecule has 0 radical (unpaired) electrons. The predicted octanol–water partition coefficient (Wildman–Crippen LogP) is 1.87. The maximum Gasteiger partial charge on any atom is 0.127 e. The molecule has 18 heavy (non-hydrogen) atoms. The van der Waals surface area contributed by atoms with Gasteiger partial charge in [-0.3, -0.25) is 0 Å². The highest BCUT2D eigenvalue weighted by atomic mass is 16.5. The van der Waals surface area contributed by atoms with Crippen molar-refractivity contribution >= 4 is 5.82 Å². The van der Waals surface area contributed by atoms with Gasteiger partial charge in [0, 0.05) is 25.0 Å². The molecule has 1 aliphatic carbocycles. The molecular weight excluding hydrogens is 226 g/mol. The van der Waals surface area contributed by atoms with Crippen LogP contribution >= 0.6 is 0 Å². The highest BCUT2D eigenvalue weighted by Crippen LogP contribution is 2.42. The average molecular weight is 245 g/mol. The molecule has 0 unspecified atom stereocenters. The van der Waals surface area contributed by atoms with E-state index in [0.29, 0.717) is 18.4 Å². The molecule has 4 heteroatoms. The molecule has 1 aliphatic heterocycles. The lowest BCUT2D eigenvalue weighted by Gasteiger charge is -2.20. The van der Waals surface area contributed by atoms with Crippen LogP contribution in [0.1, 0.15) is 49.0 Å². The molecule has 1 aromatic rings. The van der Waals surface area contributed by atoms with E-state index in [1.807, 2.05) is 4.57 Å². The molecule has 0 amide bonds. The Hall–Kier alpha value is -1.47. The van der Waals surface area contributed by atoms with Crippen molar-refractivity contribution in [1.82, 2.24) is 9.55 Å². The zero-order chi connectivity index (χ0) is 12.5.